The molecule has 2 saturated heterocycles. The van der Waals surface area contributed by atoms with Crippen LogP contribution in [-0.2, 0) is 14.4 Å². The van der Waals surface area contributed by atoms with E-state index in [1.54, 1.807) is 23.1 Å². The standard InChI is InChI=1S/C24H31N3O6/c1-2-25-23(30)27-12-10-24(11-13-27)16-19(28)18-15-17(6-8-20(18)32-24)7-9-21(29)26-33-22-5-3-4-14-31-22/h6-9,15,22H,2-5,10-14,16H2,1H3,(H,25,30)(H,26,29)/b9-7+. The van der Waals surface area contributed by atoms with Crippen LogP contribution in [0, 0.1) is 0 Å². The molecule has 33 heavy (non-hydrogen) atoms. The van der Waals surface area contributed by atoms with E-state index >= 15 is 0 Å². The summed E-state index contributed by atoms with van der Waals surface area (Å²) in [6, 6.07) is 5.24. The van der Waals surface area contributed by atoms with Gasteiger partial charge in [-0.2, -0.15) is 0 Å². The van der Waals surface area contributed by atoms with E-state index in [2.05, 4.69) is 10.8 Å². The fourth-order valence-electron chi connectivity index (χ4n) is 4.41. The van der Waals surface area contributed by atoms with E-state index in [0.717, 1.165) is 24.8 Å². The summed E-state index contributed by atoms with van der Waals surface area (Å²) in [7, 11) is 0. The number of hydrogen-bond donors (Lipinski definition) is 2. The SMILES string of the molecule is CCNC(=O)N1CCC2(CC1)CC(=O)c1cc(/C=C/C(=O)NOC3CCCCO3)ccc1O2. The van der Waals surface area contributed by atoms with E-state index in [1.165, 1.54) is 6.08 Å². The van der Waals surface area contributed by atoms with Gasteiger partial charge in [-0.1, -0.05) is 6.07 Å². The maximum atomic E-state index is 12.9. The van der Waals surface area contributed by atoms with Crippen LogP contribution in [0.3, 0.4) is 0 Å². The van der Waals surface area contributed by atoms with E-state index in [4.69, 9.17) is 14.3 Å². The van der Waals surface area contributed by atoms with Crippen LogP contribution in [0.15, 0.2) is 24.3 Å². The Hall–Kier alpha value is -2.91. The lowest BCUT2D eigenvalue weighted by Crippen LogP contribution is -2.54. The molecule has 0 radical (unpaired) electrons. The van der Waals surface area contributed by atoms with Gasteiger partial charge in [0.25, 0.3) is 5.91 Å². The summed E-state index contributed by atoms with van der Waals surface area (Å²) >= 11 is 0. The number of piperidine rings is 1. The summed E-state index contributed by atoms with van der Waals surface area (Å²) in [6.07, 6.45) is 6.85. The van der Waals surface area contributed by atoms with Crippen LogP contribution in [0.1, 0.15) is 61.4 Å². The summed E-state index contributed by atoms with van der Waals surface area (Å²) < 4.78 is 11.7. The topological polar surface area (TPSA) is 106 Å². The fourth-order valence-corrected chi connectivity index (χ4v) is 4.41. The lowest BCUT2D eigenvalue weighted by molar-refractivity contribution is -0.198. The lowest BCUT2D eigenvalue weighted by Gasteiger charge is -2.43. The first-order chi connectivity index (χ1) is 16.0. The molecule has 0 aliphatic carbocycles. The predicted molar refractivity (Wildman–Crippen MR) is 120 cm³/mol. The zero-order chi connectivity index (χ0) is 23.3. The number of Topliss-reactive ketones (excluding diaryl/α,β-unsaturated/α-hetero) is 1. The Kier molecular flexibility index (Phi) is 7.29. The van der Waals surface area contributed by atoms with Crippen LogP contribution in [0.25, 0.3) is 6.08 Å². The number of benzene rings is 1. The highest BCUT2D eigenvalue weighted by Crippen LogP contribution is 2.39. The molecule has 3 aliphatic heterocycles. The van der Waals surface area contributed by atoms with Crippen LogP contribution in [0.4, 0.5) is 4.79 Å². The van der Waals surface area contributed by atoms with Crippen molar-refractivity contribution in [2.75, 3.05) is 26.2 Å². The van der Waals surface area contributed by atoms with E-state index in [-0.39, 0.29) is 18.2 Å². The van der Waals surface area contributed by atoms with Gasteiger partial charge >= 0.3 is 6.03 Å². The van der Waals surface area contributed by atoms with Crippen LogP contribution in [0.2, 0.25) is 0 Å². The Morgan fingerprint density at radius 3 is 2.82 bits per heavy atom. The molecule has 1 atom stereocenters. The third-order valence-corrected chi connectivity index (χ3v) is 6.26. The zero-order valence-corrected chi connectivity index (χ0v) is 18.9. The van der Waals surface area contributed by atoms with Crippen molar-refractivity contribution in [1.82, 2.24) is 15.7 Å². The van der Waals surface area contributed by atoms with Crippen molar-refractivity contribution in [3.05, 3.63) is 35.4 Å². The normalized spacial score (nSPS) is 22.0. The second-order valence-corrected chi connectivity index (χ2v) is 8.68. The van der Waals surface area contributed by atoms with Gasteiger partial charge in [-0.25, -0.2) is 15.1 Å². The van der Waals surface area contributed by atoms with Gasteiger partial charge in [0.15, 0.2) is 12.1 Å². The first-order valence-electron chi connectivity index (χ1n) is 11.6. The molecule has 1 aromatic rings. The molecule has 2 fully saturated rings. The van der Waals surface area contributed by atoms with Crippen molar-refractivity contribution in [3.63, 3.8) is 0 Å². The first kappa shape index (κ1) is 23.3. The number of rotatable bonds is 5. The summed E-state index contributed by atoms with van der Waals surface area (Å²) in [5.74, 6) is 0.166. The van der Waals surface area contributed by atoms with E-state index in [0.29, 0.717) is 50.4 Å². The molecule has 4 rings (SSSR count). The lowest BCUT2D eigenvalue weighted by atomic mass is 9.82. The Bertz CT molecular complexity index is 917. The third kappa shape index (κ3) is 5.72. The molecule has 178 valence electrons. The van der Waals surface area contributed by atoms with Gasteiger partial charge in [0.1, 0.15) is 11.4 Å². The Balaban J connectivity index is 1.34. The molecule has 9 heteroatoms. The van der Waals surface area contributed by atoms with E-state index < -0.39 is 17.8 Å². The molecule has 9 nitrogen and oxygen atoms in total. The summed E-state index contributed by atoms with van der Waals surface area (Å²) in [5, 5.41) is 2.81. The van der Waals surface area contributed by atoms with Gasteiger partial charge < -0.3 is 19.7 Å². The monoisotopic (exact) mass is 457 g/mol. The maximum Gasteiger partial charge on any atom is 0.317 e. The second-order valence-electron chi connectivity index (χ2n) is 8.68. The van der Waals surface area contributed by atoms with Crippen LogP contribution < -0.4 is 15.5 Å². The number of likely N-dealkylation sites (tertiary alicyclic amines) is 1. The number of urea groups is 1. The number of hydroxylamine groups is 1. The minimum absolute atomic E-state index is 0.0141. The van der Waals surface area contributed by atoms with Gasteiger partial charge in [0.05, 0.1) is 12.0 Å². The molecule has 1 unspecified atom stereocenters. The highest BCUT2D eigenvalue weighted by molar-refractivity contribution is 6.01. The molecule has 3 heterocycles. The van der Waals surface area contributed by atoms with Gasteiger partial charge in [0, 0.05) is 51.6 Å². The van der Waals surface area contributed by atoms with Crippen LogP contribution >= 0.6 is 0 Å². The number of nitrogens with zero attached hydrogens (tertiary/aromatic N) is 1. The Labute approximate surface area is 193 Å². The second kappa shape index (κ2) is 10.4. The number of fused-ring (bicyclic) bond motifs is 1. The molecular weight excluding hydrogens is 426 g/mol. The summed E-state index contributed by atoms with van der Waals surface area (Å²) in [4.78, 5) is 44.1. The van der Waals surface area contributed by atoms with Crippen molar-refractivity contribution in [2.45, 2.75) is 57.3 Å². The molecule has 3 amide bonds. The quantitative estimate of drug-likeness (QED) is 0.520. The molecule has 0 saturated carbocycles. The Morgan fingerprint density at radius 2 is 2.09 bits per heavy atom. The molecule has 2 N–H and O–H groups in total. The minimum Gasteiger partial charge on any atom is -0.486 e. The van der Waals surface area contributed by atoms with Crippen molar-refractivity contribution in [1.29, 1.82) is 0 Å². The number of amides is 3. The number of hydrogen-bond acceptors (Lipinski definition) is 6. The largest absolute Gasteiger partial charge is 0.486 e. The highest BCUT2D eigenvalue weighted by atomic mass is 16.8. The van der Waals surface area contributed by atoms with Gasteiger partial charge in [0.2, 0.25) is 0 Å². The summed E-state index contributed by atoms with van der Waals surface area (Å²) in [6.45, 7) is 4.22. The smallest absolute Gasteiger partial charge is 0.317 e. The fraction of sp³-hybridized carbons (Fsp3) is 0.542. The van der Waals surface area contributed by atoms with Crippen LogP contribution in [0.5, 0.6) is 5.75 Å². The molecule has 1 aromatic carbocycles. The predicted octanol–water partition coefficient (Wildman–Crippen LogP) is 2.80. The number of ketones is 1. The van der Waals surface area contributed by atoms with E-state index in [1.807, 2.05) is 13.0 Å². The van der Waals surface area contributed by atoms with Crippen molar-refractivity contribution < 1.29 is 28.7 Å². The van der Waals surface area contributed by atoms with Crippen molar-refractivity contribution in [2.24, 2.45) is 0 Å². The molecule has 0 bridgehead atoms. The molecule has 1 spiro atoms. The zero-order valence-electron chi connectivity index (χ0n) is 18.9. The van der Waals surface area contributed by atoms with E-state index in [9.17, 15) is 14.4 Å². The molecular formula is C24H31N3O6. The minimum atomic E-state index is -0.567. The number of carbonyl (C=O) groups is 3. The molecule has 3 aliphatic rings. The third-order valence-electron chi connectivity index (χ3n) is 6.26. The average Bonchev–Trinajstić information content (AvgIpc) is 2.83. The average molecular weight is 458 g/mol. The summed E-state index contributed by atoms with van der Waals surface area (Å²) in [5.41, 5.74) is 3.04. The van der Waals surface area contributed by atoms with Crippen molar-refractivity contribution in [3.8, 4) is 5.75 Å². The molecule has 0 aromatic heterocycles. The maximum absolute atomic E-state index is 12.9. The number of carbonyl (C=O) groups excluding carboxylic acids is 3. The highest BCUT2D eigenvalue weighted by Gasteiger charge is 2.43. The number of ether oxygens (including phenoxy) is 2. The number of nitrogens with one attached hydrogen (secondary N) is 2. The van der Waals surface area contributed by atoms with Gasteiger partial charge in [-0.3, -0.25) is 9.59 Å². The van der Waals surface area contributed by atoms with Gasteiger partial charge in [-0.05, 0) is 43.5 Å². The van der Waals surface area contributed by atoms with Crippen LogP contribution in [-0.4, -0.2) is 60.8 Å². The van der Waals surface area contributed by atoms with Gasteiger partial charge in [-0.15, -0.1) is 0 Å². The first-order valence-corrected chi connectivity index (χ1v) is 11.6. The van der Waals surface area contributed by atoms with Crippen molar-refractivity contribution >= 4 is 23.8 Å². The Morgan fingerprint density at radius 1 is 1.27 bits per heavy atom.